The molecule has 2 heterocycles. The van der Waals surface area contributed by atoms with Gasteiger partial charge in [-0.1, -0.05) is 5.16 Å². The first-order valence-corrected chi connectivity index (χ1v) is 6.88. The van der Waals surface area contributed by atoms with Crippen molar-refractivity contribution in [2.75, 3.05) is 13.1 Å². The predicted octanol–water partition coefficient (Wildman–Crippen LogP) is 0.805. The molecule has 0 bridgehead atoms. The van der Waals surface area contributed by atoms with Gasteiger partial charge in [0.1, 0.15) is 0 Å². The second-order valence-corrected chi connectivity index (χ2v) is 5.59. The molecule has 0 unspecified atom stereocenters. The smallest absolute Gasteiger partial charge is 0.307 e. The molecule has 2 fully saturated rings. The first-order chi connectivity index (χ1) is 9.56. The van der Waals surface area contributed by atoms with Crippen molar-refractivity contribution in [1.29, 1.82) is 0 Å². The van der Waals surface area contributed by atoms with Gasteiger partial charge in [-0.3, -0.25) is 9.59 Å². The molecule has 1 aromatic heterocycles. The Morgan fingerprint density at radius 3 is 2.80 bits per heavy atom. The van der Waals surface area contributed by atoms with E-state index in [2.05, 4.69) is 10.1 Å². The molecule has 7 heteroatoms. The third-order valence-corrected chi connectivity index (χ3v) is 4.05. The molecule has 0 spiro atoms. The van der Waals surface area contributed by atoms with Gasteiger partial charge >= 0.3 is 5.97 Å². The van der Waals surface area contributed by atoms with Crippen LogP contribution in [0.3, 0.4) is 0 Å². The molecule has 20 heavy (non-hydrogen) atoms. The zero-order valence-electron chi connectivity index (χ0n) is 11.3. The number of carboxylic acid groups (broad SMARTS) is 1. The minimum Gasteiger partial charge on any atom is -0.481 e. The molecule has 1 amide bonds. The van der Waals surface area contributed by atoms with Crippen LogP contribution < -0.4 is 0 Å². The minimum atomic E-state index is -0.871. The number of rotatable bonds is 3. The fraction of sp³-hybridized carbons (Fsp3) is 0.692. The molecule has 1 saturated carbocycles. The van der Waals surface area contributed by atoms with E-state index in [4.69, 9.17) is 9.63 Å². The van der Waals surface area contributed by atoms with Gasteiger partial charge in [-0.25, -0.2) is 0 Å². The third-order valence-electron chi connectivity index (χ3n) is 4.05. The highest BCUT2D eigenvalue weighted by Gasteiger charge is 2.50. The highest BCUT2D eigenvalue weighted by atomic mass is 16.5. The largest absolute Gasteiger partial charge is 0.481 e. The van der Waals surface area contributed by atoms with E-state index in [0.29, 0.717) is 31.2 Å². The highest BCUT2D eigenvalue weighted by Crippen LogP contribution is 2.41. The van der Waals surface area contributed by atoms with E-state index in [1.807, 2.05) is 0 Å². The normalized spacial score (nSPS) is 29.2. The second-order valence-electron chi connectivity index (χ2n) is 5.59. The van der Waals surface area contributed by atoms with Crippen LogP contribution in [-0.4, -0.2) is 45.1 Å². The molecule has 2 aliphatic rings. The van der Waals surface area contributed by atoms with Crippen LogP contribution in [-0.2, 0) is 9.59 Å². The Morgan fingerprint density at radius 1 is 1.40 bits per heavy atom. The summed E-state index contributed by atoms with van der Waals surface area (Å²) in [6.07, 6.45) is 2.26. The van der Waals surface area contributed by atoms with Crippen LogP contribution in [0.4, 0.5) is 0 Å². The van der Waals surface area contributed by atoms with E-state index in [1.165, 1.54) is 0 Å². The Labute approximate surface area is 115 Å². The highest BCUT2D eigenvalue weighted by molar-refractivity contribution is 5.89. The molecule has 0 radical (unpaired) electrons. The van der Waals surface area contributed by atoms with Gasteiger partial charge in [0, 0.05) is 13.1 Å². The van der Waals surface area contributed by atoms with Gasteiger partial charge < -0.3 is 14.5 Å². The molecule has 3 rings (SSSR count). The van der Waals surface area contributed by atoms with Crippen molar-refractivity contribution in [3.63, 3.8) is 0 Å². The van der Waals surface area contributed by atoms with Crippen molar-refractivity contribution in [2.24, 2.45) is 11.8 Å². The van der Waals surface area contributed by atoms with Crippen molar-refractivity contribution in [1.82, 2.24) is 15.0 Å². The van der Waals surface area contributed by atoms with Gasteiger partial charge in [0.15, 0.2) is 5.82 Å². The van der Waals surface area contributed by atoms with Crippen molar-refractivity contribution < 1.29 is 19.2 Å². The van der Waals surface area contributed by atoms with E-state index in [1.54, 1.807) is 11.8 Å². The monoisotopic (exact) mass is 279 g/mol. The van der Waals surface area contributed by atoms with Crippen LogP contribution in [0.15, 0.2) is 4.52 Å². The maximum Gasteiger partial charge on any atom is 0.307 e. The summed E-state index contributed by atoms with van der Waals surface area (Å²) < 4.78 is 5.17. The summed E-state index contributed by atoms with van der Waals surface area (Å²) in [5.74, 6) is -0.509. The molecule has 1 aromatic rings. The van der Waals surface area contributed by atoms with E-state index in [0.717, 1.165) is 12.8 Å². The first kappa shape index (κ1) is 13.1. The number of carbonyl (C=O) groups excluding carboxylic acids is 1. The van der Waals surface area contributed by atoms with Crippen molar-refractivity contribution in [2.45, 2.75) is 32.1 Å². The zero-order chi connectivity index (χ0) is 14.3. The van der Waals surface area contributed by atoms with Crippen LogP contribution in [0.25, 0.3) is 0 Å². The summed E-state index contributed by atoms with van der Waals surface area (Å²) >= 11 is 0. The Bertz CT molecular complexity index is 541. The number of carbonyl (C=O) groups is 2. The number of hydrogen-bond donors (Lipinski definition) is 1. The molecule has 1 aliphatic carbocycles. The summed E-state index contributed by atoms with van der Waals surface area (Å²) in [5, 5.41) is 12.7. The summed E-state index contributed by atoms with van der Waals surface area (Å²) in [4.78, 5) is 29.1. The molecule has 3 atom stereocenters. The van der Waals surface area contributed by atoms with E-state index in [9.17, 15) is 9.59 Å². The Balaban J connectivity index is 1.64. The number of aromatic nitrogens is 2. The third kappa shape index (κ3) is 2.39. The predicted molar refractivity (Wildman–Crippen MR) is 66.8 cm³/mol. The molecule has 1 saturated heterocycles. The lowest BCUT2D eigenvalue weighted by atomic mass is 9.97. The summed E-state index contributed by atoms with van der Waals surface area (Å²) in [6.45, 7) is 3.00. The number of carboxylic acids is 1. The van der Waals surface area contributed by atoms with Gasteiger partial charge in [-0.15, -0.1) is 0 Å². The fourth-order valence-electron chi connectivity index (χ4n) is 2.83. The number of piperidine rings is 1. The van der Waals surface area contributed by atoms with Crippen molar-refractivity contribution >= 4 is 11.9 Å². The SMILES string of the molecule is Cc1noc([C@@H]2CCCN(C(=O)[C@H]3C[C@H]3C(=O)O)C2)n1. The summed E-state index contributed by atoms with van der Waals surface area (Å²) in [6, 6.07) is 0. The lowest BCUT2D eigenvalue weighted by molar-refractivity contribution is -0.142. The number of amides is 1. The number of aryl methyl sites for hydroxylation is 1. The van der Waals surface area contributed by atoms with Crippen LogP contribution in [0.5, 0.6) is 0 Å². The van der Waals surface area contributed by atoms with Gasteiger partial charge in [0.25, 0.3) is 0 Å². The number of nitrogens with zero attached hydrogens (tertiary/aromatic N) is 3. The fourth-order valence-corrected chi connectivity index (χ4v) is 2.83. The van der Waals surface area contributed by atoms with E-state index >= 15 is 0 Å². The van der Waals surface area contributed by atoms with Crippen LogP contribution in [0.2, 0.25) is 0 Å². The topological polar surface area (TPSA) is 96.5 Å². The molecule has 7 nitrogen and oxygen atoms in total. The Kier molecular flexibility index (Phi) is 3.19. The molecular weight excluding hydrogens is 262 g/mol. The molecule has 0 aromatic carbocycles. The van der Waals surface area contributed by atoms with Crippen molar-refractivity contribution in [3.05, 3.63) is 11.7 Å². The Hall–Kier alpha value is -1.92. The average molecular weight is 279 g/mol. The lowest BCUT2D eigenvalue weighted by Gasteiger charge is -2.31. The quantitative estimate of drug-likeness (QED) is 0.879. The van der Waals surface area contributed by atoms with Gasteiger partial charge in [0.05, 0.1) is 17.8 Å². The standard InChI is InChI=1S/C13H17N3O4/c1-7-14-11(20-15-7)8-3-2-4-16(6-8)12(17)9-5-10(9)13(18)19/h8-10H,2-6H2,1H3,(H,18,19)/t8-,9+,10-/m1/s1. The van der Waals surface area contributed by atoms with Crippen molar-refractivity contribution in [3.8, 4) is 0 Å². The lowest BCUT2D eigenvalue weighted by Crippen LogP contribution is -2.40. The first-order valence-electron chi connectivity index (χ1n) is 6.88. The number of aliphatic carboxylic acids is 1. The van der Waals surface area contributed by atoms with Gasteiger partial charge in [0.2, 0.25) is 11.8 Å². The zero-order valence-corrected chi connectivity index (χ0v) is 11.3. The summed E-state index contributed by atoms with van der Waals surface area (Å²) in [5.41, 5.74) is 0. The molecule has 108 valence electrons. The number of hydrogen-bond acceptors (Lipinski definition) is 5. The summed E-state index contributed by atoms with van der Waals surface area (Å²) in [7, 11) is 0. The average Bonchev–Trinajstić information content (AvgIpc) is 3.13. The molecular formula is C13H17N3O4. The van der Waals surface area contributed by atoms with E-state index in [-0.39, 0.29) is 17.7 Å². The molecule has 1 N–H and O–H groups in total. The maximum absolute atomic E-state index is 12.3. The number of likely N-dealkylation sites (tertiary alicyclic amines) is 1. The maximum atomic E-state index is 12.3. The van der Waals surface area contributed by atoms with Gasteiger partial charge in [-0.05, 0) is 26.2 Å². The Morgan fingerprint density at radius 2 is 2.20 bits per heavy atom. The van der Waals surface area contributed by atoms with Crippen LogP contribution in [0.1, 0.15) is 36.9 Å². The second kappa shape index (κ2) is 4.88. The van der Waals surface area contributed by atoms with Gasteiger partial charge in [-0.2, -0.15) is 4.98 Å². The minimum absolute atomic E-state index is 0.0432. The van der Waals surface area contributed by atoms with E-state index < -0.39 is 11.9 Å². The molecule has 1 aliphatic heterocycles. The van der Waals surface area contributed by atoms with Crippen LogP contribution >= 0.6 is 0 Å². The van der Waals surface area contributed by atoms with Crippen LogP contribution in [0, 0.1) is 18.8 Å².